The summed E-state index contributed by atoms with van der Waals surface area (Å²) in [7, 11) is 0. The minimum atomic E-state index is -0.840. The van der Waals surface area contributed by atoms with Crippen LogP contribution in [-0.4, -0.2) is 35.7 Å². The third-order valence-corrected chi connectivity index (χ3v) is 5.27. The molecule has 2 aromatic carbocycles. The monoisotopic (exact) mass is 540 g/mol. The maximum Gasteiger partial charge on any atom is 1.00 e. The van der Waals surface area contributed by atoms with E-state index in [2.05, 4.69) is 9.98 Å². The molecule has 2 heterocycles. The predicted octanol–water partition coefficient (Wildman–Crippen LogP) is -4.12. The van der Waals surface area contributed by atoms with Crippen LogP contribution in [0.1, 0.15) is 26.7 Å². The third kappa shape index (κ3) is 7.50. The van der Waals surface area contributed by atoms with Gasteiger partial charge < -0.3 is 10.2 Å². The first-order valence-electron chi connectivity index (χ1n) is 10.7. The van der Waals surface area contributed by atoms with Crippen molar-refractivity contribution in [2.24, 2.45) is 21.8 Å². The molecule has 0 N–H and O–H groups in total. The Balaban J connectivity index is 0.000000341. The number of carbonyl (C=O) groups excluding carboxylic acids is 4. The number of para-hydroxylation sites is 2. The van der Waals surface area contributed by atoms with Crippen molar-refractivity contribution in [1.29, 1.82) is 0 Å². The Morgan fingerprint density at radius 3 is 1.22 bits per heavy atom. The van der Waals surface area contributed by atoms with Crippen LogP contribution in [0, 0.1) is 11.8 Å². The molecule has 0 spiro atoms. The molecule has 0 saturated heterocycles. The molecule has 0 aliphatic carbocycles. The van der Waals surface area contributed by atoms with Crippen molar-refractivity contribution in [1.82, 2.24) is 0 Å². The zero-order valence-corrected chi connectivity index (χ0v) is 26.8. The van der Waals surface area contributed by atoms with Crippen molar-refractivity contribution in [3.8, 4) is 0 Å². The fraction of sp³-hybridized carbons (Fsp3) is 0.250. The summed E-state index contributed by atoms with van der Waals surface area (Å²) < 4.78 is 0. The molecule has 12 heteroatoms. The fourth-order valence-corrected chi connectivity index (χ4v) is 3.48. The molecule has 2 aliphatic heterocycles. The first-order valence-corrected chi connectivity index (χ1v) is 10.7. The summed E-state index contributed by atoms with van der Waals surface area (Å²) in [5, 5.41) is 22.8. The summed E-state index contributed by atoms with van der Waals surface area (Å²) in [5.74, 6) is -3.96. The number of hydrogen-bond acceptors (Lipinski definition) is 6. The number of hydrogen-bond donors (Lipinski definition) is 0. The van der Waals surface area contributed by atoms with Gasteiger partial charge in [0.15, 0.2) is 0 Å². The molecule has 10 nitrogen and oxygen atoms in total. The Bertz CT molecular complexity index is 1070. The Morgan fingerprint density at radius 1 is 0.639 bits per heavy atom. The molecule has 36 heavy (non-hydrogen) atoms. The van der Waals surface area contributed by atoms with Gasteiger partial charge in [-0.3, -0.25) is 9.59 Å². The third-order valence-electron chi connectivity index (χ3n) is 5.27. The SMILES string of the molecule is CCC1C(=O)N(c2ccccc2)C(=O)N=C1[O-].CCC1C(=O)N(c2ccccc2)C(=O)N=C1[O-].[K+].[K+]. The number of aliphatic imine (C=N–C) groups is 2. The second-order valence-corrected chi connectivity index (χ2v) is 7.41. The molecule has 2 aliphatic rings. The van der Waals surface area contributed by atoms with Crippen LogP contribution in [0.5, 0.6) is 0 Å². The Hall–Kier alpha value is -1.07. The molecule has 176 valence electrons. The average molecular weight is 541 g/mol. The molecular weight excluding hydrogens is 518 g/mol. The quantitative estimate of drug-likeness (QED) is 0.360. The van der Waals surface area contributed by atoms with Gasteiger partial charge in [-0.25, -0.2) is 29.4 Å². The molecule has 0 aromatic heterocycles. The van der Waals surface area contributed by atoms with Crippen LogP contribution in [0.15, 0.2) is 70.6 Å². The van der Waals surface area contributed by atoms with E-state index in [9.17, 15) is 29.4 Å². The van der Waals surface area contributed by atoms with Gasteiger partial charge in [0.1, 0.15) is 0 Å². The van der Waals surface area contributed by atoms with Crippen molar-refractivity contribution in [2.45, 2.75) is 26.7 Å². The maximum atomic E-state index is 12.0. The van der Waals surface area contributed by atoms with Gasteiger partial charge in [-0.05, 0) is 48.9 Å². The van der Waals surface area contributed by atoms with E-state index in [-0.39, 0.29) is 103 Å². The van der Waals surface area contributed by atoms with Gasteiger partial charge in [0, 0.05) is 0 Å². The Labute approximate surface area is 293 Å². The largest absolute Gasteiger partial charge is 1.00 e. The fourth-order valence-electron chi connectivity index (χ4n) is 3.48. The standard InChI is InChI=1S/2C12H12N2O3.2K/c2*1-2-9-10(15)13-12(17)14(11(9)16)8-6-4-3-5-7-8;;/h2*3-7,9H,2H2,1H3,(H,13,15,17);;/q;;2*+1/p-2. The maximum absolute atomic E-state index is 12.0. The van der Waals surface area contributed by atoms with Crippen molar-refractivity contribution >= 4 is 47.0 Å². The second kappa shape index (κ2) is 15.4. The summed E-state index contributed by atoms with van der Waals surface area (Å²) in [4.78, 5) is 55.8. The Kier molecular flexibility index (Phi) is 14.1. The summed E-state index contributed by atoms with van der Waals surface area (Å²) in [6, 6.07) is 15.3. The minimum absolute atomic E-state index is 0. The van der Waals surface area contributed by atoms with Crippen molar-refractivity contribution in [2.75, 3.05) is 9.80 Å². The van der Waals surface area contributed by atoms with Gasteiger partial charge in [0.25, 0.3) is 0 Å². The molecular formula is C24H22K2N4O6. The zero-order valence-electron chi connectivity index (χ0n) is 20.6. The van der Waals surface area contributed by atoms with Gasteiger partial charge in [-0.2, -0.15) is 0 Å². The number of imide groups is 2. The number of urea groups is 2. The van der Waals surface area contributed by atoms with Gasteiger partial charge >= 0.3 is 115 Å². The molecule has 6 amide bonds. The van der Waals surface area contributed by atoms with E-state index in [1.54, 1.807) is 74.5 Å². The van der Waals surface area contributed by atoms with E-state index >= 15 is 0 Å². The van der Waals surface area contributed by atoms with E-state index < -0.39 is 47.5 Å². The van der Waals surface area contributed by atoms with E-state index in [1.165, 1.54) is 0 Å². The van der Waals surface area contributed by atoms with Crippen LogP contribution in [0.25, 0.3) is 0 Å². The number of nitrogens with zero attached hydrogens (tertiary/aromatic N) is 4. The summed E-state index contributed by atoms with van der Waals surface area (Å²) in [6.45, 7) is 3.43. The molecule has 2 atom stereocenters. The van der Waals surface area contributed by atoms with E-state index in [0.717, 1.165) is 9.80 Å². The molecule has 0 bridgehead atoms. The molecule has 4 rings (SSSR count). The molecule has 0 fully saturated rings. The number of anilines is 2. The number of benzene rings is 2. The van der Waals surface area contributed by atoms with E-state index in [0.29, 0.717) is 24.2 Å². The second-order valence-electron chi connectivity index (χ2n) is 7.41. The molecule has 0 radical (unpaired) electrons. The van der Waals surface area contributed by atoms with Crippen LogP contribution in [0.4, 0.5) is 21.0 Å². The molecule has 2 aromatic rings. The van der Waals surface area contributed by atoms with Gasteiger partial charge in [0.2, 0.25) is 11.8 Å². The van der Waals surface area contributed by atoms with Crippen LogP contribution < -0.4 is 123 Å². The number of amides is 6. The predicted molar refractivity (Wildman–Crippen MR) is 121 cm³/mol. The normalized spacial score (nSPS) is 19.3. The topological polar surface area (TPSA) is 146 Å². The molecule has 0 saturated carbocycles. The van der Waals surface area contributed by atoms with Crippen molar-refractivity contribution in [3.05, 3.63) is 60.7 Å². The van der Waals surface area contributed by atoms with Gasteiger partial charge in [-0.1, -0.05) is 50.2 Å². The first-order chi connectivity index (χ1) is 16.3. The number of rotatable bonds is 4. The number of carbonyl (C=O) groups is 4. The molecule has 2 unspecified atom stereocenters. The van der Waals surface area contributed by atoms with E-state index in [1.807, 2.05) is 0 Å². The summed E-state index contributed by atoms with van der Waals surface area (Å²) in [5.41, 5.74) is 0.884. The Morgan fingerprint density at radius 2 is 0.944 bits per heavy atom. The smallest absolute Gasteiger partial charge is 0.861 e. The van der Waals surface area contributed by atoms with E-state index in [4.69, 9.17) is 0 Å². The minimum Gasteiger partial charge on any atom is -0.861 e. The van der Waals surface area contributed by atoms with Crippen LogP contribution in [-0.2, 0) is 9.59 Å². The zero-order chi connectivity index (χ0) is 24.8. The summed E-state index contributed by atoms with van der Waals surface area (Å²) in [6.07, 6.45) is 0.690. The summed E-state index contributed by atoms with van der Waals surface area (Å²) >= 11 is 0. The van der Waals surface area contributed by atoms with Crippen LogP contribution >= 0.6 is 0 Å². The van der Waals surface area contributed by atoms with Gasteiger partial charge in [-0.15, -0.1) is 0 Å². The van der Waals surface area contributed by atoms with Crippen LogP contribution in [0.2, 0.25) is 0 Å². The van der Waals surface area contributed by atoms with Crippen molar-refractivity contribution < 1.29 is 132 Å². The van der Waals surface area contributed by atoms with Crippen LogP contribution in [0.3, 0.4) is 0 Å². The average Bonchev–Trinajstić information content (AvgIpc) is 2.81. The van der Waals surface area contributed by atoms with Gasteiger partial charge in [0.05, 0.1) is 23.2 Å². The first kappa shape index (κ1) is 33.0. The van der Waals surface area contributed by atoms with Crippen molar-refractivity contribution in [3.63, 3.8) is 0 Å².